The zero-order valence-corrected chi connectivity index (χ0v) is 8.95. The van der Waals surface area contributed by atoms with Gasteiger partial charge in [-0.3, -0.25) is 4.79 Å². The molecule has 0 spiro atoms. The first-order chi connectivity index (χ1) is 7.34. The number of nitrogens with one attached hydrogen (secondary N) is 1. The molecule has 0 saturated carbocycles. The number of carbonyl (C=O) groups is 1. The highest BCUT2D eigenvalue weighted by molar-refractivity contribution is 5.80. The minimum atomic E-state index is 0.252. The molecule has 3 saturated heterocycles. The van der Waals surface area contributed by atoms with E-state index in [2.05, 4.69) is 5.32 Å². The van der Waals surface area contributed by atoms with Crippen molar-refractivity contribution in [3.8, 4) is 0 Å². The molecule has 3 heterocycles. The molecule has 3 aliphatic rings. The summed E-state index contributed by atoms with van der Waals surface area (Å²) in [4.78, 5) is 14.2. The van der Waals surface area contributed by atoms with Crippen LogP contribution >= 0.6 is 0 Å². The summed E-state index contributed by atoms with van der Waals surface area (Å²) in [6, 6.07) is 1.08. The van der Waals surface area contributed by atoms with Gasteiger partial charge in [-0.1, -0.05) is 0 Å². The Balaban J connectivity index is 1.64. The number of morpholine rings is 1. The Kier molecular flexibility index (Phi) is 2.41. The van der Waals surface area contributed by atoms with E-state index in [0.717, 1.165) is 19.5 Å². The molecule has 0 aliphatic carbocycles. The number of fused-ring (bicyclic) bond motifs is 2. The molecule has 3 fully saturated rings. The third-order valence-corrected chi connectivity index (χ3v) is 3.94. The summed E-state index contributed by atoms with van der Waals surface area (Å²) < 4.78 is 5.26. The van der Waals surface area contributed by atoms with Gasteiger partial charge in [-0.15, -0.1) is 0 Å². The molecule has 15 heavy (non-hydrogen) atoms. The van der Waals surface area contributed by atoms with Crippen molar-refractivity contribution >= 4 is 5.91 Å². The molecule has 0 aromatic carbocycles. The summed E-state index contributed by atoms with van der Waals surface area (Å²) in [5.74, 6) is 0.611. The van der Waals surface area contributed by atoms with Crippen molar-refractivity contribution < 1.29 is 9.53 Å². The smallest absolute Gasteiger partial charge is 0.227 e. The highest BCUT2D eigenvalue weighted by Crippen LogP contribution is 2.34. The van der Waals surface area contributed by atoms with E-state index in [0.29, 0.717) is 31.2 Å². The average Bonchev–Trinajstić information content (AvgIpc) is 2.91. The Labute approximate surface area is 90.0 Å². The Hall–Kier alpha value is -0.610. The third-order valence-electron chi connectivity index (χ3n) is 3.94. The maximum Gasteiger partial charge on any atom is 0.227 e. The van der Waals surface area contributed by atoms with Gasteiger partial charge < -0.3 is 15.0 Å². The van der Waals surface area contributed by atoms with E-state index in [-0.39, 0.29) is 5.92 Å². The fourth-order valence-corrected chi connectivity index (χ4v) is 3.12. The van der Waals surface area contributed by atoms with Gasteiger partial charge in [0.2, 0.25) is 5.91 Å². The highest BCUT2D eigenvalue weighted by Gasteiger charge is 2.44. The number of nitrogens with zero attached hydrogens (tertiary/aromatic N) is 1. The van der Waals surface area contributed by atoms with Gasteiger partial charge in [-0.25, -0.2) is 0 Å². The van der Waals surface area contributed by atoms with Crippen LogP contribution in [0.2, 0.25) is 0 Å². The molecule has 0 aromatic heterocycles. The average molecular weight is 210 g/mol. The number of amides is 1. The third kappa shape index (κ3) is 1.66. The van der Waals surface area contributed by atoms with Crippen LogP contribution in [0.4, 0.5) is 0 Å². The fraction of sp³-hybridized carbons (Fsp3) is 0.909. The Morgan fingerprint density at radius 2 is 2.07 bits per heavy atom. The first-order valence-electron chi connectivity index (χ1n) is 5.97. The van der Waals surface area contributed by atoms with Crippen molar-refractivity contribution in [2.24, 2.45) is 5.92 Å². The van der Waals surface area contributed by atoms with Gasteiger partial charge in [0.15, 0.2) is 0 Å². The first kappa shape index (κ1) is 9.60. The van der Waals surface area contributed by atoms with Gasteiger partial charge in [0.05, 0.1) is 19.1 Å². The van der Waals surface area contributed by atoms with Crippen LogP contribution < -0.4 is 5.32 Å². The molecule has 0 aromatic rings. The number of ether oxygens (including phenoxy) is 1. The lowest BCUT2D eigenvalue weighted by atomic mass is 9.88. The van der Waals surface area contributed by atoms with Crippen molar-refractivity contribution in [2.45, 2.75) is 31.3 Å². The van der Waals surface area contributed by atoms with Crippen molar-refractivity contribution in [2.75, 3.05) is 26.3 Å². The second-order valence-electron chi connectivity index (χ2n) is 4.83. The Bertz CT molecular complexity index is 263. The molecule has 4 nitrogen and oxygen atoms in total. The SMILES string of the molecule is O=C(C1CC2CCC1N2)N1CCOCC1. The second-order valence-corrected chi connectivity index (χ2v) is 4.83. The maximum absolute atomic E-state index is 12.2. The van der Waals surface area contributed by atoms with Crippen molar-refractivity contribution in [1.29, 1.82) is 0 Å². The van der Waals surface area contributed by atoms with Gasteiger partial charge in [0.25, 0.3) is 0 Å². The number of hydrogen-bond donors (Lipinski definition) is 1. The molecule has 3 aliphatic heterocycles. The quantitative estimate of drug-likeness (QED) is 0.661. The van der Waals surface area contributed by atoms with E-state index in [9.17, 15) is 4.79 Å². The van der Waals surface area contributed by atoms with E-state index in [1.807, 2.05) is 4.90 Å². The van der Waals surface area contributed by atoms with Crippen LogP contribution in [0, 0.1) is 5.92 Å². The molecule has 2 bridgehead atoms. The first-order valence-corrected chi connectivity index (χ1v) is 5.97. The van der Waals surface area contributed by atoms with Gasteiger partial charge in [0.1, 0.15) is 0 Å². The second kappa shape index (κ2) is 3.76. The summed E-state index contributed by atoms with van der Waals surface area (Å²) in [5, 5.41) is 3.52. The molecule has 1 N–H and O–H groups in total. The predicted octanol–water partition coefficient (Wildman–Crippen LogP) is -0.0143. The molecule has 0 radical (unpaired) electrons. The van der Waals surface area contributed by atoms with Gasteiger partial charge >= 0.3 is 0 Å². The number of hydrogen-bond acceptors (Lipinski definition) is 3. The molecule has 1 amide bonds. The van der Waals surface area contributed by atoms with Gasteiger partial charge in [-0.2, -0.15) is 0 Å². The maximum atomic E-state index is 12.2. The molecule has 3 atom stereocenters. The lowest BCUT2D eigenvalue weighted by molar-refractivity contribution is -0.140. The Morgan fingerprint density at radius 3 is 2.67 bits per heavy atom. The van der Waals surface area contributed by atoms with Gasteiger partial charge in [0, 0.05) is 25.2 Å². The minimum Gasteiger partial charge on any atom is -0.378 e. The molecule has 84 valence electrons. The minimum absolute atomic E-state index is 0.252. The molecule has 3 unspecified atom stereocenters. The molecule has 4 heteroatoms. The summed E-state index contributed by atoms with van der Waals surface area (Å²) in [7, 11) is 0. The largest absolute Gasteiger partial charge is 0.378 e. The zero-order valence-electron chi connectivity index (χ0n) is 8.95. The fourth-order valence-electron chi connectivity index (χ4n) is 3.12. The van der Waals surface area contributed by atoms with E-state index >= 15 is 0 Å². The predicted molar refractivity (Wildman–Crippen MR) is 55.5 cm³/mol. The van der Waals surface area contributed by atoms with Crippen LogP contribution in [0.25, 0.3) is 0 Å². The molecule has 3 rings (SSSR count). The van der Waals surface area contributed by atoms with E-state index in [4.69, 9.17) is 4.74 Å². The van der Waals surface area contributed by atoms with E-state index in [1.165, 1.54) is 12.8 Å². The Morgan fingerprint density at radius 1 is 1.27 bits per heavy atom. The van der Waals surface area contributed by atoms with Crippen LogP contribution in [0.1, 0.15) is 19.3 Å². The topological polar surface area (TPSA) is 41.6 Å². The van der Waals surface area contributed by atoms with Crippen molar-refractivity contribution in [3.63, 3.8) is 0 Å². The summed E-state index contributed by atoms with van der Waals surface area (Å²) in [6.07, 6.45) is 3.50. The summed E-state index contributed by atoms with van der Waals surface area (Å²) >= 11 is 0. The summed E-state index contributed by atoms with van der Waals surface area (Å²) in [6.45, 7) is 2.99. The van der Waals surface area contributed by atoms with Gasteiger partial charge in [-0.05, 0) is 19.3 Å². The van der Waals surface area contributed by atoms with E-state index in [1.54, 1.807) is 0 Å². The van der Waals surface area contributed by atoms with E-state index < -0.39 is 0 Å². The van der Waals surface area contributed by atoms with Crippen LogP contribution in [0.15, 0.2) is 0 Å². The lowest BCUT2D eigenvalue weighted by Gasteiger charge is -2.31. The van der Waals surface area contributed by atoms with Crippen molar-refractivity contribution in [3.05, 3.63) is 0 Å². The number of rotatable bonds is 1. The molecular formula is C11H18N2O2. The molecular weight excluding hydrogens is 192 g/mol. The normalized spacial score (nSPS) is 39.7. The van der Waals surface area contributed by atoms with Crippen molar-refractivity contribution in [1.82, 2.24) is 10.2 Å². The van der Waals surface area contributed by atoms with Crippen LogP contribution in [0.3, 0.4) is 0 Å². The van der Waals surface area contributed by atoms with Crippen LogP contribution in [-0.2, 0) is 9.53 Å². The monoisotopic (exact) mass is 210 g/mol. The number of carbonyl (C=O) groups excluding carboxylic acids is 1. The van der Waals surface area contributed by atoms with Crippen LogP contribution in [-0.4, -0.2) is 49.2 Å². The zero-order chi connectivity index (χ0) is 10.3. The highest BCUT2D eigenvalue weighted by atomic mass is 16.5. The summed E-state index contributed by atoms with van der Waals surface area (Å²) in [5.41, 5.74) is 0. The lowest BCUT2D eigenvalue weighted by Crippen LogP contribution is -2.46. The standard InChI is InChI=1S/C11H18N2O2/c14-11(13-3-5-15-6-4-13)9-7-8-1-2-10(9)12-8/h8-10,12H,1-7H2. The van der Waals surface area contributed by atoms with Crippen LogP contribution in [0.5, 0.6) is 0 Å².